The van der Waals surface area contributed by atoms with Crippen molar-refractivity contribution in [2.45, 2.75) is 59.2 Å². The van der Waals surface area contributed by atoms with Gasteiger partial charge in [-0.15, -0.1) is 0 Å². The summed E-state index contributed by atoms with van der Waals surface area (Å²) in [5.74, 6) is -2.51. The van der Waals surface area contributed by atoms with Gasteiger partial charge in [-0.05, 0) is 47.5 Å². The topological polar surface area (TPSA) is 143 Å². The molecule has 184 valence electrons. The summed E-state index contributed by atoms with van der Waals surface area (Å²) in [5, 5.41) is 17.2. The smallest absolute Gasteiger partial charge is 0.410 e. The standard InChI is InChI=1S/C16H27NO6.C5H9NO3/c1-6-21-13(18)12(14(19)22-7-2)11-8-9-17(10-11)15(20)23-16(3,4)5;7-4-1-2-6(3-4)5(8)9/h11-12H,6-10H2,1-5H3;4,7H,1-3H2,(H,8,9)/t11-;4-/m01/s1. The van der Waals surface area contributed by atoms with Gasteiger partial charge in [0, 0.05) is 32.1 Å². The predicted molar refractivity (Wildman–Crippen MR) is 113 cm³/mol. The van der Waals surface area contributed by atoms with Crippen molar-refractivity contribution in [2.75, 3.05) is 39.4 Å². The lowest BCUT2D eigenvalue weighted by molar-refractivity contribution is -0.164. The van der Waals surface area contributed by atoms with Crippen molar-refractivity contribution >= 4 is 24.1 Å². The highest BCUT2D eigenvalue weighted by atomic mass is 16.6. The van der Waals surface area contributed by atoms with Crippen LogP contribution in [0.5, 0.6) is 0 Å². The van der Waals surface area contributed by atoms with Gasteiger partial charge < -0.3 is 34.2 Å². The molecule has 2 N–H and O–H groups in total. The number of carboxylic acid groups (broad SMARTS) is 1. The summed E-state index contributed by atoms with van der Waals surface area (Å²) in [4.78, 5) is 49.2. The Morgan fingerprint density at radius 2 is 1.47 bits per heavy atom. The Labute approximate surface area is 188 Å². The molecule has 0 unspecified atom stereocenters. The van der Waals surface area contributed by atoms with E-state index in [0.717, 1.165) is 0 Å². The van der Waals surface area contributed by atoms with Gasteiger partial charge in [0.15, 0.2) is 5.92 Å². The number of rotatable bonds is 5. The Hall–Kier alpha value is -2.56. The van der Waals surface area contributed by atoms with Gasteiger partial charge in [-0.25, -0.2) is 9.59 Å². The highest BCUT2D eigenvalue weighted by molar-refractivity contribution is 5.95. The minimum atomic E-state index is -0.998. The van der Waals surface area contributed by atoms with Crippen molar-refractivity contribution < 1.29 is 43.6 Å². The second-order valence-corrected chi connectivity index (χ2v) is 8.63. The molecule has 0 bridgehead atoms. The summed E-state index contributed by atoms with van der Waals surface area (Å²) in [7, 11) is 0. The number of aliphatic hydroxyl groups excluding tert-OH is 1. The number of hydrogen-bond acceptors (Lipinski definition) is 8. The van der Waals surface area contributed by atoms with Crippen molar-refractivity contribution in [1.29, 1.82) is 0 Å². The van der Waals surface area contributed by atoms with Crippen LogP contribution in [0.3, 0.4) is 0 Å². The summed E-state index contributed by atoms with van der Waals surface area (Å²) >= 11 is 0. The zero-order valence-corrected chi connectivity index (χ0v) is 19.5. The Morgan fingerprint density at radius 1 is 0.938 bits per heavy atom. The zero-order valence-electron chi connectivity index (χ0n) is 19.5. The minimum Gasteiger partial charge on any atom is -0.465 e. The zero-order chi connectivity index (χ0) is 24.5. The maximum absolute atomic E-state index is 12.1. The third kappa shape index (κ3) is 8.89. The van der Waals surface area contributed by atoms with Crippen LogP contribution in [0.25, 0.3) is 0 Å². The van der Waals surface area contributed by atoms with E-state index in [1.54, 1.807) is 34.6 Å². The molecule has 0 aromatic heterocycles. The van der Waals surface area contributed by atoms with E-state index in [1.807, 2.05) is 0 Å². The van der Waals surface area contributed by atoms with Gasteiger partial charge in [0.05, 0.1) is 19.3 Å². The van der Waals surface area contributed by atoms with E-state index in [0.29, 0.717) is 25.9 Å². The maximum atomic E-state index is 12.1. The molecule has 0 saturated carbocycles. The number of carbonyl (C=O) groups is 4. The molecule has 32 heavy (non-hydrogen) atoms. The number of carbonyl (C=O) groups excluding carboxylic acids is 3. The second-order valence-electron chi connectivity index (χ2n) is 8.63. The number of amides is 2. The van der Waals surface area contributed by atoms with Gasteiger partial charge in [0.1, 0.15) is 5.60 Å². The summed E-state index contributed by atoms with van der Waals surface area (Å²) in [6.45, 7) is 10.6. The van der Waals surface area contributed by atoms with Crippen LogP contribution in [-0.4, -0.2) is 95.2 Å². The number of hydrogen-bond donors (Lipinski definition) is 2. The van der Waals surface area contributed by atoms with Crippen molar-refractivity contribution in [3.63, 3.8) is 0 Å². The Morgan fingerprint density at radius 3 is 1.84 bits per heavy atom. The quantitative estimate of drug-likeness (QED) is 0.356. The van der Waals surface area contributed by atoms with Crippen molar-refractivity contribution in [1.82, 2.24) is 9.80 Å². The first kappa shape index (κ1) is 27.5. The van der Waals surface area contributed by atoms with Crippen LogP contribution in [0.15, 0.2) is 0 Å². The highest BCUT2D eigenvalue weighted by Gasteiger charge is 2.42. The molecule has 11 heteroatoms. The van der Waals surface area contributed by atoms with Crippen LogP contribution in [0.2, 0.25) is 0 Å². The second kappa shape index (κ2) is 12.5. The molecular formula is C21H36N2O9. The SMILES string of the molecule is CCOC(=O)C(C(=O)OCC)[C@H]1CCN(C(=O)OC(C)(C)C)C1.O=C(O)N1CC[C@@H](O)C1. The summed E-state index contributed by atoms with van der Waals surface area (Å²) in [5.41, 5.74) is -0.586. The third-order valence-electron chi connectivity index (χ3n) is 4.86. The fourth-order valence-electron chi connectivity index (χ4n) is 3.41. The average Bonchev–Trinajstić information content (AvgIpc) is 3.31. The van der Waals surface area contributed by atoms with Crippen LogP contribution in [0.4, 0.5) is 9.59 Å². The van der Waals surface area contributed by atoms with E-state index < -0.39 is 41.7 Å². The van der Waals surface area contributed by atoms with Crippen LogP contribution in [0, 0.1) is 11.8 Å². The molecule has 0 aromatic rings. The van der Waals surface area contributed by atoms with Crippen LogP contribution in [-0.2, 0) is 23.8 Å². The number of β-amino-alcohol motifs (C(OH)–C–C–N with tert-alkyl or cyclic N) is 1. The number of likely N-dealkylation sites (tertiary alicyclic amines) is 2. The Bertz CT molecular complexity index is 644. The summed E-state index contributed by atoms with van der Waals surface area (Å²) in [6.07, 6.45) is -0.715. The molecule has 0 spiro atoms. The largest absolute Gasteiger partial charge is 0.465 e. The van der Waals surface area contributed by atoms with E-state index >= 15 is 0 Å². The number of aliphatic hydroxyl groups is 1. The molecule has 0 aliphatic carbocycles. The molecule has 2 rings (SSSR count). The fourth-order valence-corrected chi connectivity index (χ4v) is 3.41. The maximum Gasteiger partial charge on any atom is 0.410 e. The molecule has 0 radical (unpaired) electrons. The van der Waals surface area contributed by atoms with E-state index in [1.165, 1.54) is 9.80 Å². The molecule has 2 aliphatic heterocycles. The average molecular weight is 461 g/mol. The lowest BCUT2D eigenvalue weighted by atomic mass is 9.91. The number of nitrogens with zero attached hydrogens (tertiary/aromatic N) is 2. The van der Waals surface area contributed by atoms with E-state index in [2.05, 4.69) is 0 Å². The molecule has 2 fully saturated rings. The van der Waals surface area contributed by atoms with E-state index in [9.17, 15) is 19.2 Å². The van der Waals surface area contributed by atoms with Gasteiger partial charge >= 0.3 is 24.1 Å². The monoisotopic (exact) mass is 460 g/mol. The first-order valence-corrected chi connectivity index (χ1v) is 10.9. The van der Waals surface area contributed by atoms with Crippen molar-refractivity contribution in [3.05, 3.63) is 0 Å². The Kier molecular flexibility index (Phi) is 10.7. The lowest BCUT2D eigenvalue weighted by Crippen LogP contribution is -2.38. The Balaban J connectivity index is 0.000000471. The summed E-state index contributed by atoms with van der Waals surface area (Å²) in [6, 6.07) is 0. The normalized spacial score (nSPS) is 20.5. The van der Waals surface area contributed by atoms with Gasteiger partial charge in [-0.1, -0.05) is 0 Å². The summed E-state index contributed by atoms with van der Waals surface area (Å²) < 4.78 is 15.3. The van der Waals surface area contributed by atoms with Gasteiger partial charge in [-0.3, -0.25) is 9.59 Å². The molecule has 2 amide bonds. The highest BCUT2D eigenvalue weighted by Crippen LogP contribution is 2.28. The van der Waals surface area contributed by atoms with Crippen LogP contribution >= 0.6 is 0 Å². The third-order valence-corrected chi connectivity index (χ3v) is 4.86. The van der Waals surface area contributed by atoms with E-state index in [4.69, 9.17) is 24.4 Å². The molecular weight excluding hydrogens is 424 g/mol. The lowest BCUT2D eigenvalue weighted by Gasteiger charge is -2.25. The van der Waals surface area contributed by atoms with E-state index in [-0.39, 0.29) is 32.2 Å². The number of ether oxygens (including phenoxy) is 3. The molecule has 2 heterocycles. The fraction of sp³-hybridized carbons (Fsp3) is 0.810. The van der Waals surface area contributed by atoms with Crippen molar-refractivity contribution in [3.8, 4) is 0 Å². The number of esters is 2. The first-order chi connectivity index (χ1) is 14.9. The molecule has 11 nitrogen and oxygen atoms in total. The van der Waals surface area contributed by atoms with Gasteiger partial charge in [-0.2, -0.15) is 0 Å². The molecule has 0 aromatic carbocycles. The molecule has 2 atom stereocenters. The predicted octanol–water partition coefficient (Wildman–Crippen LogP) is 1.72. The van der Waals surface area contributed by atoms with Crippen LogP contribution < -0.4 is 0 Å². The van der Waals surface area contributed by atoms with Crippen molar-refractivity contribution in [2.24, 2.45) is 11.8 Å². The molecule has 2 aliphatic rings. The molecule has 2 saturated heterocycles. The van der Waals surface area contributed by atoms with Crippen LogP contribution in [0.1, 0.15) is 47.5 Å². The van der Waals surface area contributed by atoms with Gasteiger partial charge in [0.25, 0.3) is 0 Å². The van der Waals surface area contributed by atoms with Gasteiger partial charge in [0.2, 0.25) is 0 Å². The first-order valence-electron chi connectivity index (χ1n) is 10.9. The minimum absolute atomic E-state index is 0.192.